The van der Waals surface area contributed by atoms with Crippen molar-refractivity contribution >= 4 is 29.2 Å². The van der Waals surface area contributed by atoms with Crippen LogP contribution in [-0.2, 0) is 16.9 Å². The van der Waals surface area contributed by atoms with Gasteiger partial charge < -0.3 is 9.72 Å². The number of carbonyl (C=O) groups excluding carboxylic acids is 2. The van der Waals surface area contributed by atoms with Gasteiger partial charge in [0.05, 0.1) is 17.3 Å². The summed E-state index contributed by atoms with van der Waals surface area (Å²) in [5.74, 6) is -0.333. The number of aromatic nitrogens is 2. The van der Waals surface area contributed by atoms with E-state index in [4.69, 9.17) is 11.6 Å². The lowest BCUT2D eigenvalue weighted by Gasteiger charge is -2.27. The molecule has 4 aromatic rings. The molecule has 2 aromatic heterocycles. The average molecular weight is 417 g/mol. The zero-order valence-electron chi connectivity index (χ0n) is 15.8. The van der Waals surface area contributed by atoms with E-state index < -0.39 is 11.6 Å². The van der Waals surface area contributed by atoms with Gasteiger partial charge in [-0.1, -0.05) is 72.3 Å². The van der Waals surface area contributed by atoms with Crippen LogP contribution in [0.5, 0.6) is 0 Å². The van der Waals surface area contributed by atoms with Crippen molar-refractivity contribution in [3.8, 4) is 0 Å². The average Bonchev–Trinajstić information content (AvgIpc) is 3.28. The number of imide groups is 1. The molecule has 3 heterocycles. The predicted molar refractivity (Wildman–Crippen MR) is 113 cm³/mol. The molecule has 1 aliphatic rings. The molecule has 1 N–H and O–H groups in total. The zero-order chi connectivity index (χ0) is 20.7. The fraction of sp³-hybridized carbons (Fsp3) is 0.0870. The third-order valence-electron chi connectivity index (χ3n) is 5.30. The van der Waals surface area contributed by atoms with Crippen LogP contribution in [0, 0.1) is 0 Å². The third kappa shape index (κ3) is 2.84. The lowest BCUT2D eigenvalue weighted by atomic mass is 9.82. The second kappa shape index (κ2) is 7.00. The summed E-state index contributed by atoms with van der Waals surface area (Å²) in [6.45, 7) is 0.0609. The number of rotatable bonds is 4. The molecule has 0 unspecified atom stereocenters. The van der Waals surface area contributed by atoms with E-state index in [9.17, 15) is 9.59 Å². The molecule has 1 saturated heterocycles. The third-order valence-corrected chi connectivity index (χ3v) is 5.53. The molecule has 0 saturated carbocycles. The maximum absolute atomic E-state index is 13.7. The van der Waals surface area contributed by atoms with Crippen LogP contribution in [0.25, 0.3) is 5.65 Å². The van der Waals surface area contributed by atoms with Gasteiger partial charge in [-0.05, 0) is 23.3 Å². The summed E-state index contributed by atoms with van der Waals surface area (Å²) in [6, 6.07) is 21.7. The Hall–Kier alpha value is -3.64. The molecule has 0 atom stereocenters. The van der Waals surface area contributed by atoms with Crippen molar-refractivity contribution in [2.45, 2.75) is 12.1 Å². The fourth-order valence-electron chi connectivity index (χ4n) is 3.91. The normalized spacial score (nSPS) is 15.6. The molecule has 0 radical (unpaired) electrons. The van der Waals surface area contributed by atoms with Gasteiger partial charge in [0.25, 0.3) is 5.91 Å². The van der Waals surface area contributed by atoms with Crippen molar-refractivity contribution in [1.29, 1.82) is 0 Å². The van der Waals surface area contributed by atoms with Gasteiger partial charge in [0.1, 0.15) is 5.65 Å². The Morgan fingerprint density at radius 1 is 0.867 bits per heavy atom. The molecule has 6 nitrogen and oxygen atoms in total. The quantitative estimate of drug-likeness (QED) is 0.512. The molecule has 2 aromatic carbocycles. The highest BCUT2D eigenvalue weighted by Crippen LogP contribution is 2.36. The summed E-state index contributed by atoms with van der Waals surface area (Å²) >= 11 is 6.04. The Morgan fingerprint density at radius 3 is 2.13 bits per heavy atom. The number of urea groups is 1. The van der Waals surface area contributed by atoms with Gasteiger partial charge in [0, 0.05) is 12.4 Å². The van der Waals surface area contributed by atoms with Crippen LogP contribution >= 0.6 is 11.6 Å². The van der Waals surface area contributed by atoms with E-state index in [0.29, 0.717) is 27.5 Å². The van der Waals surface area contributed by atoms with Crippen molar-refractivity contribution in [3.63, 3.8) is 0 Å². The first-order valence-corrected chi connectivity index (χ1v) is 9.84. The highest BCUT2D eigenvalue weighted by molar-refractivity contribution is 6.30. The van der Waals surface area contributed by atoms with E-state index in [1.54, 1.807) is 28.9 Å². The standard InChI is InChI=1S/C23H17ClN4O2/c24-18-11-12-20-25-19(14-27(20)13-18)15-28-21(29)23(26-22(28)30,16-7-3-1-4-8-16)17-9-5-2-6-10-17/h1-14H,15H2,(H,26,30). The molecule has 0 aliphatic carbocycles. The lowest BCUT2D eigenvalue weighted by Crippen LogP contribution is -2.45. The Kier molecular flexibility index (Phi) is 4.29. The SMILES string of the molecule is O=C1NC(c2ccccc2)(c2ccccc2)C(=O)N1Cc1cn2cc(Cl)ccc2n1. The zero-order valence-corrected chi connectivity index (χ0v) is 16.6. The Labute approximate surface area is 177 Å². The number of nitrogens with one attached hydrogen (secondary N) is 1. The largest absolute Gasteiger partial charge is 0.325 e. The van der Waals surface area contributed by atoms with Crippen LogP contribution in [0.4, 0.5) is 4.79 Å². The molecule has 0 bridgehead atoms. The lowest BCUT2D eigenvalue weighted by molar-refractivity contribution is -0.130. The number of imidazole rings is 1. The fourth-order valence-corrected chi connectivity index (χ4v) is 4.08. The van der Waals surface area contributed by atoms with E-state index in [1.807, 2.05) is 60.7 Å². The highest BCUT2D eigenvalue weighted by atomic mass is 35.5. The smallest absolute Gasteiger partial charge is 0.315 e. The van der Waals surface area contributed by atoms with Gasteiger partial charge in [0.15, 0.2) is 5.54 Å². The van der Waals surface area contributed by atoms with E-state index in [0.717, 1.165) is 0 Å². The number of hydrogen-bond donors (Lipinski definition) is 1. The topological polar surface area (TPSA) is 66.7 Å². The summed E-state index contributed by atoms with van der Waals surface area (Å²) in [6.07, 6.45) is 3.50. The molecule has 1 aliphatic heterocycles. The summed E-state index contributed by atoms with van der Waals surface area (Å²) in [4.78, 5) is 32.4. The molecular formula is C23H17ClN4O2. The van der Waals surface area contributed by atoms with Gasteiger partial charge >= 0.3 is 6.03 Å². The number of amides is 3. The molecule has 3 amide bonds. The molecule has 7 heteroatoms. The van der Waals surface area contributed by atoms with Crippen LogP contribution in [0.15, 0.2) is 85.2 Å². The number of halogens is 1. The second-order valence-corrected chi connectivity index (χ2v) is 7.58. The maximum Gasteiger partial charge on any atom is 0.325 e. The number of hydrogen-bond acceptors (Lipinski definition) is 3. The predicted octanol–water partition coefficient (Wildman–Crippen LogP) is 3.98. The minimum Gasteiger partial charge on any atom is -0.315 e. The summed E-state index contributed by atoms with van der Waals surface area (Å²) in [5, 5.41) is 3.52. The van der Waals surface area contributed by atoms with Gasteiger partial charge in [-0.3, -0.25) is 9.69 Å². The number of nitrogens with zero attached hydrogens (tertiary/aromatic N) is 3. The van der Waals surface area contributed by atoms with Gasteiger partial charge in [-0.2, -0.15) is 0 Å². The van der Waals surface area contributed by atoms with Crippen molar-refractivity contribution in [2.75, 3.05) is 0 Å². The monoisotopic (exact) mass is 416 g/mol. The number of benzene rings is 2. The number of pyridine rings is 1. The minimum atomic E-state index is -1.28. The van der Waals surface area contributed by atoms with Crippen molar-refractivity contribution < 1.29 is 9.59 Å². The van der Waals surface area contributed by atoms with Gasteiger partial charge in [-0.15, -0.1) is 0 Å². The Morgan fingerprint density at radius 2 is 1.50 bits per heavy atom. The summed E-state index contributed by atoms with van der Waals surface area (Å²) < 4.78 is 1.78. The van der Waals surface area contributed by atoms with E-state index in [1.165, 1.54) is 4.90 Å². The molecule has 5 rings (SSSR count). The van der Waals surface area contributed by atoms with Gasteiger partial charge in [-0.25, -0.2) is 9.78 Å². The Bertz CT molecular complexity index is 1210. The second-order valence-electron chi connectivity index (χ2n) is 7.15. The first kappa shape index (κ1) is 18.4. The molecule has 1 fully saturated rings. The molecule has 0 spiro atoms. The van der Waals surface area contributed by atoms with Gasteiger partial charge in [0.2, 0.25) is 0 Å². The highest BCUT2D eigenvalue weighted by Gasteiger charge is 2.53. The van der Waals surface area contributed by atoms with Crippen molar-refractivity contribution in [2.24, 2.45) is 0 Å². The van der Waals surface area contributed by atoms with Crippen LogP contribution in [0.3, 0.4) is 0 Å². The van der Waals surface area contributed by atoms with Crippen molar-refractivity contribution in [3.05, 3.63) is 107 Å². The summed E-state index contributed by atoms with van der Waals surface area (Å²) in [7, 11) is 0. The summed E-state index contributed by atoms with van der Waals surface area (Å²) in [5.41, 5.74) is 1.43. The number of fused-ring (bicyclic) bond motifs is 1. The molecular weight excluding hydrogens is 400 g/mol. The van der Waals surface area contributed by atoms with Crippen LogP contribution in [-0.4, -0.2) is 26.2 Å². The maximum atomic E-state index is 13.7. The Balaban J connectivity index is 1.56. The minimum absolute atomic E-state index is 0.0609. The van der Waals surface area contributed by atoms with Crippen molar-refractivity contribution in [1.82, 2.24) is 19.6 Å². The molecule has 148 valence electrons. The van der Waals surface area contributed by atoms with E-state index >= 15 is 0 Å². The first-order valence-electron chi connectivity index (χ1n) is 9.46. The van der Waals surface area contributed by atoms with Crippen LogP contribution in [0.1, 0.15) is 16.8 Å². The molecule has 30 heavy (non-hydrogen) atoms. The van der Waals surface area contributed by atoms with E-state index in [-0.39, 0.29) is 12.5 Å². The van der Waals surface area contributed by atoms with Crippen LogP contribution in [0.2, 0.25) is 5.02 Å². The van der Waals surface area contributed by atoms with Crippen LogP contribution < -0.4 is 5.32 Å². The number of carbonyl (C=O) groups is 2. The van der Waals surface area contributed by atoms with E-state index in [2.05, 4.69) is 10.3 Å². The first-order chi connectivity index (χ1) is 14.6.